The minimum atomic E-state index is -0.0267. The summed E-state index contributed by atoms with van der Waals surface area (Å²) in [7, 11) is 1.63. The van der Waals surface area contributed by atoms with Crippen LogP contribution in [-0.4, -0.2) is 33.7 Å². The molecule has 2 N–H and O–H groups in total. The lowest BCUT2D eigenvalue weighted by atomic mass is 10.3. The first-order valence-electron chi connectivity index (χ1n) is 6.51. The van der Waals surface area contributed by atoms with Gasteiger partial charge in [0.2, 0.25) is 5.91 Å². The molecular weight excluding hydrogens is 284 g/mol. The first-order valence-corrected chi connectivity index (χ1v) is 7.50. The Labute approximate surface area is 126 Å². The van der Waals surface area contributed by atoms with Crippen molar-refractivity contribution in [2.45, 2.75) is 5.03 Å². The molecule has 21 heavy (non-hydrogen) atoms. The van der Waals surface area contributed by atoms with Crippen molar-refractivity contribution in [3.8, 4) is 11.4 Å². The second-order valence-electron chi connectivity index (χ2n) is 4.42. The lowest BCUT2D eigenvalue weighted by Crippen LogP contribution is -2.19. The van der Waals surface area contributed by atoms with Crippen molar-refractivity contribution in [3.63, 3.8) is 0 Å². The van der Waals surface area contributed by atoms with Gasteiger partial charge in [-0.25, -0.2) is 9.97 Å². The van der Waals surface area contributed by atoms with E-state index in [2.05, 4.69) is 20.3 Å². The van der Waals surface area contributed by atoms with Gasteiger partial charge in [-0.05, 0) is 24.3 Å². The number of nitrogens with zero attached hydrogens (tertiary/aromatic N) is 2. The number of amides is 1. The van der Waals surface area contributed by atoms with Crippen LogP contribution in [0.1, 0.15) is 0 Å². The van der Waals surface area contributed by atoms with Gasteiger partial charge >= 0.3 is 0 Å². The summed E-state index contributed by atoms with van der Waals surface area (Å²) in [6, 6.07) is 11.7. The number of para-hydroxylation sites is 2. The second kappa shape index (κ2) is 5.97. The Morgan fingerprint density at radius 3 is 2.95 bits per heavy atom. The number of hydrogen-bond acceptors (Lipinski definition) is 4. The molecule has 0 saturated heterocycles. The van der Waals surface area contributed by atoms with Gasteiger partial charge < -0.3 is 10.3 Å². The maximum absolute atomic E-state index is 11.4. The molecule has 3 rings (SSSR count). The molecule has 5 nitrogen and oxygen atoms in total. The molecular formula is C15H14N4OS. The van der Waals surface area contributed by atoms with Crippen LogP contribution < -0.4 is 5.32 Å². The molecule has 0 saturated carbocycles. The van der Waals surface area contributed by atoms with Crippen molar-refractivity contribution in [2.75, 3.05) is 12.8 Å². The van der Waals surface area contributed by atoms with Crippen molar-refractivity contribution >= 4 is 28.7 Å². The average molecular weight is 298 g/mol. The largest absolute Gasteiger partial charge is 0.358 e. The van der Waals surface area contributed by atoms with E-state index < -0.39 is 0 Å². The Bertz CT molecular complexity index is 751. The molecule has 6 heteroatoms. The summed E-state index contributed by atoms with van der Waals surface area (Å²) in [5.41, 5.74) is 2.81. The van der Waals surface area contributed by atoms with Crippen LogP contribution in [0.3, 0.4) is 0 Å². The molecule has 1 amide bonds. The molecule has 2 aromatic heterocycles. The van der Waals surface area contributed by atoms with Crippen LogP contribution in [-0.2, 0) is 4.79 Å². The molecule has 0 radical (unpaired) electrons. The third-order valence-corrected chi connectivity index (χ3v) is 4.04. The number of imidazole rings is 1. The maximum atomic E-state index is 11.4. The number of rotatable bonds is 4. The Morgan fingerprint density at radius 1 is 1.29 bits per heavy atom. The van der Waals surface area contributed by atoms with Gasteiger partial charge in [-0.3, -0.25) is 4.79 Å². The number of hydrogen-bond donors (Lipinski definition) is 2. The lowest BCUT2D eigenvalue weighted by molar-refractivity contribution is -0.118. The number of pyridine rings is 1. The Hall–Kier alpha value is -2.34. The first kappa shape index (κ1) is 13.6. The van der Waals surface area contributed by atoms with Crippen molar-refractivity contribution in [3.05, 3.63) is 42.6 Å². The summed E-state index contributed by atoms with van der Waals surface area (Å²) in [4.78, 5) is 23.6. The minimum Gasteiger partial charge on any atom is -0.358 e. The topological polar surface area (TPSA) is 70.7 Å². The van der Waals surface area contributed by atoms with E-state index in [0.717, 1.165) is 27.4 Å². The number of nitrogens with one attached hydrogen (secondary N) is 2. The van der Waals surface area contributed by atoms with Crippen LogP contribution in [0, 0.1) is 0 Å². The highest BCUT2D eigenvalue weighted by molar-refractivity contribution is 8.00. The van der Waals surface area contributed by atoms with Crippen LogP contribution >= 0.6 is 11.8 Å². The third-order valence-electron chi connectivity index (χ3n) is 3.03. The summed E-state index contributed by atoms with van der Waals surface area (Å²) < 4.78 is 0. The molecule has 106 valence electrons. The molecule has 1 aromatic carbocycles. The van der Waals surface area contributed by atoms with E-state index in [1.54, 1.807) is 13.2 Å². The van der Waals surface area contributed by atoms with E-state index in [9.17, 15) is 4.79 Å². The molecule has 2 heterocycles. The van der Waals surface area contributed by atoms with Gasteiger partial charge in [0.05, 0.1) is 16.8 Å². The fourth-order valence-electron chi connectivity index (χ4n) is 1.97. The molecule has 0 spiro atoms. The van der Waals surface area contributed by atoms with Gasteiger partial charge in [0.25, 0.3) is 0 Å². The lowest BCUT2D eigenvalue weighted by Gasteiger charge is -2.05. The Balaban J connectivity index is 1.96. The fraction of sp³-hybridized carbons (Fsp3) is 0.133. The van der Waals surface area contributed by atoms with Gasteiger partial charge in [0.15, 0.2) is 0 Å². The summed E-state index contributed by atoms with van der Waals surface area (Å²) in [5.74, 6) is 1.07. The SMILES string of the molecule is CNC(=O)CSc1ncccc1-c1nc2ccccc2[nH]1. The van der Waals surface area contributed by atoms with Crippen molar-refractivity contribution in [1.82, 2.24) is 20.3 Å². The standard InChI is InChI=1S/C15H14N4OS/c1-16-13(20)9-21-15-10(5-4-8-17-15)14-18-11-6-2-3-7-12(11)19-14/h2-8H,9H2,1H3,(H,16,20)(H,18,19). The molecule has 0 fully saturated rings. The summed E-state index contributed by atoms with van der Waals surface area (Å²) >= 11 is 1.40. The summed E-state index contributed by atoms with van der Waals surface area (Å²) in [6.45, 7) is 0. The van der Waals surface area contributed by atoms with Gasteiger partial charge in [-0.1, -0.05) is 23.9 Å². The average Bonchev–Trinajstić information content (AvgIpc) is 2.96. The zero-order chi connectivity index (χ0) is 14.7. The summed E-state index contributed by atoms with van der Waals surface area (Å²) in [6.07, 6.45) is 1.72. The molecule has 0 atom stereocenters. The van der Waals surface area contributed by atoms with Gasteiger partial charge in [0, 0.05) is 18.8 Å². The van der Waals surface area contributed by atoms with E-state index in [-0.39, 0.29) is 5.91 Å². The summed E-state index contributed by atoms with van der Waals surface area (Å²) in [5, 5.41) is 3.40. The number of aromatic nitrogens is 3. The number of carbonyl (C=O) groups is 1. The number of benzene rings is 1. The van der Waals surface area contributed by atoms with E-state index in [0.29, 0.717) is 5.75 Å². The highest BCUT2D eigenvalue weighted by Crippen LogP contribution is 2.28. The molecule has 0 aliphatic rings. The number of thioether (sulfide) groups is 1. The minimum absolute atomic E-state index is 0.0267. The van der Waals surface area contributed by atoms with Crippen molar-refractivity contribution in [2.24, 2.45) is 0 Å². The fourth-order valence-corrected chi connectivity index (χ4v) is 2.84. The maximum Gasteiger partial charge on any atom is 0.230 e. The Kier molecular flexibility index (Phi) is 3.87. The van der Waals surface area contributed by atoms with Crippen LogP contribution in [0.25, 0.3) is 22.4 Å². The first-order chi connectivity index (χ1) is 10.3. The van der Waals surface area contributed by atoms with E-state index in [1.165, 1.54) is 11.8 Å². The number of carbonyl (C=O) groups excluding carboxylic acids is 1. The predicted octanol–water partition coefficient (Wildman–Crippen LogP) is 2.46. The van der Waals surface area contributed by atoms with E-state index in [1.807, 2.05) is 36.4 Å². The van der Waals surface area contributed by atoms with Crippen molar-refractivity contribution < 1.29 is 4.79 Å². The van der Waals surface area contributed by atoms with Crippen LogP contribution in [0.5, 0.6) is 0 Å². The normalized spacial score (nSPS) is 10.7. The monoisotopic (exact) mass is 298 g/mol. The smallest absolute Gasteiger partial charge is 0.230 e. The van der Waals surface area contributed by atoms with Crippen LogP contribution in [0.15, 0.2) is 47.6 Å². The highest BCUT2D eigenvalue weighted by atomic mass is 32.2. The molecule has 0 bridgehead atoms. The quantitative estimate of drug-likeness (QED) is 0.726. The molecule has 0 aliphatic heterocycles. The third kappa shape index (κ3) is 2.90. The zero-order valence-electron chi connectivity index (χ0n) is 11.5. The van der Waals surface area contributed by atoms with Crippen LogP contribution in [0.4, 0.5) is 0 Å². The number of fused-ring (bicyclic) bond motifs is 1. The van der Waals surface area contributed by atoms with Crippen molar-refractivity contribution in [1.29, 1.82) is 0 Å². The Morgan fingerprint density at radius 2 is 2.14 bits per heavy atom. The molecule has 0 unspecified atom stereocenters. The number of H-pyrrole nitrogens is 1. The van der Waals surface area contributed by atoms with Gasteiger partial charge in [0.1, 0.15) is 10.9 Å². The van der Waals surface area contributed by atoms with E-state index in [4.69, 9.17) is 0 Å². The second-order valence-corrected chi connectivity index (χ2v) is 5.38. The van der Waals surface area contributed by atoms with Crippen LogP contribution in [0.2, 0.25) is 0 Å². The number of aromatic amines is 1. The van der Waals surface area contributed by atoms with Gasteiger partial charge in [-0.15, -0.1) is 0 Å². The zero-order valence-corrected chi connectivity index (χ0v) is 12.3. The van der Waals surface area contributed by atoms with Gasteiger partial charge in [-0.2, -0.15) is 0 Å². The predicted molar refractivity (Wildman–Crippen MR) is 84.1 cm³/mol. The molecule has 3 aromatic rings. The molecule has 0 aliphatic carbocycles. The van der Waals surface area contributed by atoms with E-state index >= 15 is 0 Å². The highest BCUT2D eigenvalue weighted by Gasteiger charge is 2.12.